The van der Waals surface area contributed by atoms with Gasteiger partial charge >= 0.3 is 0 Å². The van der Waals surface area contributed by atoms with Crippen LogP contribution in [-0.4, -0.2) is 18.0 Å². The number of aryl methyl sites for hydroxylation is 1. The Kier molecular flexibility index (Phi) is 4.52. The number of carbonyl (C=O) groups is 1. The van der Waals surface area contributed by atoms with E-state index in [0.29, 0.717) is 27.9 Å². The maximum atomic E-state index is 12.6. The minimum absolute atomic E-state index is 0.163. The zero-order chi connectivity index (χ0) is 16.4. The molecule has 5 nitrogen and oxygen atoms in total. The summed E-state index contributed by atoms with van der Waals surface area (Å²) in [4.78, 5) is 17.9. The highest BCUT2D eigenvalue weighted by Crippen LogP contribution is 2.37. The van der Waals surface area contributed by atoms with Crippen molar-refractivity contribution in [1.29, 1.82) is 0 Å². The van der Waals surface area contributed by atoms with E-state index in [1.165, 1.54) is 37.0 Å². The van der Waals surface area contributed by atoms with Crippen molar-refractivity contribution in [3.8, 4) is 5.75 Å². The van der Waals surface area contributed by atoms with E-state index in [4.69, 9.17) is 10.5 Å². The third-order valence-electron chi connectivity index (χ3n) is 4.23. The van der Waals surface area contributed by atoms with Gasteiger partial charge < -0.3 is 15.8 Å². The van der Waals surface area contributed by atoms with Crippen molar-refractivity contribution >= 4 is 28.6 Å². The van der Waals surface area contributed by atoms with Crippen molar-refractivity contribution in [1.82, 2.24) is 4.98 Å². The first-order chi connectivity index (χ1) is 11.1. The van der Waals surface area contributed by atoms with Crippen LogP contribution in [0.25, 0.3) is 0 Å². The summed E-state index contributed by atoms with van der Waals surface area (Å²) in [7, 11) is 1.58. The molecule has 0 atom stereocenters. The maximum Gasteiger partial charge on any atom is 0.267 e. The highest BCUT2D eigenvalue weighted by molar-refractivity contribution is 7.14. The number of anilines is 2. The lowest BCUT2D eigenvalue weighted by Crippen LogP contribution is -2.13. The molecule has 1 heterocycles. The number of methoxy groups -OCH3 is 1. The summed E-state index contributed by atoms with van der Waals surface area (Å²) in [5.41, 5.74) is 7.79. The van der Waals surface area contributed by atoms with Crippen molar-refractivity contribution in [3.05, 3.63) is 33.8 Å². The molecule has 0 bridgehead atoms. The van der Waals surface area contributed by atoms with Crippen LogP contribution in [0.1, 0.15) is 52.0 Å². The lowest BCUT2D eigenvalue weighted by atomic mass is 10.1. The first-order valence-electron chi connectivity index (χ1n) is 7.80. The Morgan fingerprint density at radius 2 is 2.13 bits per heavy atom. The van der Waals surface area contributed by atoms with E-state index < -0.39 is 0 Å². The predicted octanol–water partition coefficient (Wildman–Crippen LogP) is 3.95. The molecule has 1 saturated carbocycles. The van der Waals surface area contributed by atoms with E-state index in [2.05, 4.69) is 10.3 Å². The van der Waals surface area contributed by atoms with E-state index in [9.17, 15) is 4.79 Å². The van der Waals surface area contributed by atoms with Gasteiger partial charge in [-0.2, -0.15) is 0 Å². The predicted molar refractivity (Wildman–Crippen MR) is 93.4 cm³/mol. The van der Waals surface area contributed by atoms with Gasteiger partial charge in [0.2, 0.25) is 0 Å². The summed E-state index contributed by atoms with van der Waals surface area (Å²) in [6, 6.07) is 5.21. The number of nitrogens with two attached hydrogens (primary N) is 1. The molecule has 0 aliphatic heterocycles. The SMILES string of the molecule is COc1ccc(N)c(NC(=O)c2sc(C3CCCC3)nc2C)c1. The molecule has 23 heavy (non-hydrogen) atoms. The van der Waals surface area contributed by atoms with Crippen molar-refractivity contribution in [2.45, 2.75) is 38.5 Å². The molecule has 1 aliphatic carbocycles. The minimum Gasteiger partial charge on any atom is -0.497 e. The van der Waals surface area contributed by atoms with Gasteiger partial charge in [0.1, 0.15) is 10.6 Å². The third kappa shape index (κ3) is 3.32. The number of rotatable bonds is 4. The number of carbonyl (C=O) groups excluding carboxylic acids is 1. The normalized spacial score (nSPS) is 14.9. The smallest absolute Gasteiger partial charge is 0.267 e. The van der Waals surface area contributed by atoms with Crippen LogP contribution in [0.4, 0.5) is 11.4 Å². The number of amides is 1. The fourth-order valence-electron chi connectivity index (χ4n) is 2.93. The van der Waals surface area contributed by atoms with Gasteiger partial charge in [0.25, 0.3) is 5.91 Å². The molecular weight excluding hydrogens is 310 g/mol. The molecule has 2 aromatic rings. The van der Waals surface area contributed by atoms with Gasteiger partial charge in [-0.25, -0.2) is 4.98 Å². The van der Waals surface area contributed by atoms with Gasteiger partial charge in [-0.15, -0.1) is 11.3 Å². The van der Waals surface area contributed by atoms with E-state index in [1.54, 1.807) is 25.3 Å². The summed E-state index contributed by atoms with van der Waals surface area (Å²) in [5, 5.41) is 3.96. The first-order valence-corrected chi connectivity index (χ1v) is 8.62. The number of hydrogen-bond donors (Lipinski definition) is 2. The summed E-state index contributed by atoms with van der Waals surface area (Å²) >= 11 is 1.50. The van der Waals surface area contributed by atoms with Gasteiger partial charge in [0.15, 0.2) is 0 Å². The maximum absolute atomic E-state index is 12.6. The number of nitrogen functional groups attached to an aromatic ring is 1. The van der Waals surface area contributed by atoms with E-state index in [1.807, 2.05) is 6.92 Å². The lowest BCUT2D eigenvalue weighted by molar-refractivity contribution is 0.103. The van der Waals surface area contributed by atoms with Crippen molar-refractivity contribution < 1.29 is 9.53 Å². The number of benzene rings is 1. The third-order valence-corrected chi connectivity index (χ3v) is 5.55. The van der Waals surface area contributed by atoms with Gasteiger partial charge in [-0.05, 0) is 31.9 Å². The van der Waals surface area contributed by atoms with Crippen molar-refractivity contribution in [3.63, 3.8) is 0 Å². The van der Waals surface area contributed by atoms with Crippen LogP contribution in [0.5, 0.6) is 5.75 Å². The molecule has 1 aromatic heterocycles. The Labute approximate surface area is 139 Å². The van der Waals surface area contributed by atoms with Crippen LogP contribution >= 0.6 is 11.3 Å². The minimum atomic E-state index is -0.163. The Balaban J connectivity index is 1.80. The van der Waals surface area contributed by atoms with E-state index in [-0.39, 0.29) is 5.91 Å². The summed E-state index contributed by atoms with van der Waals surface area (Å²) in [6.45, 7) is 1.89. The molecule has 1 fully saturated rings. The Hall–Kier alpha value is -2.08. The Morgan fingerprint density at radius 1 is 1.39 bits per heavy atom. The molecule has 0 saturated heterocycles. The van der Waals surface area contributed by atoms with Crippen LogP contribution in [0.2, 0.25) is 0 Å². The number of thiazole rings is 1. The molecule has 0 unspecified atom stereocenters. The zero-order valence-corrected chi connectivity index (χ0v) is 14.2. The topological polar surface area (TPSA) is 77.2 Å². The van der Waals surface area contributed by atoms with Crippen LogP contribution in [0, 0.1) is 6.92 Å². The number of nitrogens with zero attached hydrogens (tertiary/aromatic N) is 1. The molecule has 1 aromatic carbocycles. The monoisotopic (exact) mass is 331 g/mol. The van der Waals surface area contributed by atoms with Crippen LogP contribution in [0.3, 0.4) is 0 Å². The van der Waals surface area contributed by atoms with Gasteiger partial charge in [0.05, 0.1) is 29.2 Å². The van der Waals surface area contributed by atoms with Crippen LogP contribution in [0.15, 0.2) is 18.2 Å². The molecule has 1 aliphatic rings. The second kappa shape index (κ2) is 6.58. The van der Waals surface area contributed by atoms with Gasteiger partial charge in [-0.3, -0.25) is 4.79 Å². The average molecular weight is 331 g/mol. The van der Waals surface area contributed by atoms with Crippen molar-refractivity contribution in [2.75, 3.05) is 18.2 Å². The Bertz CT molecular complexity index is 721. The number of aromatic nitrogens is 1. The molecular formula is C17H21N3O2S. The molecule has 6 heteroatoms. The zero-order valence-electron chi connectivity index (χ0n) is 13.4. The fraction of sp³-hybridized carbons (Fsp3) is 0.412. The highest BCUT2D eigenvalue weighted by atomic mass is 32.1. The quantitative estimate of drug-likeness (QED) is 0.832. The van der Waals surface area contributed by atoms with Crippen LogP contribution < -0.4 is 15.8 Å². The molecule has 3 N–H and O–H groups in total. The number of ether oxygens (including phenoxy) is 1. The molecule has 1 amide bonds. The second-order valence-corrected chi connectivity index (χ2v) is 6.89. The summed E-state index contributed by atoms with van der Waals surface area (Å²) in [5.74, 6) is 1.01. The average Bonchev–Trinajstić information content (AvgIpc) is 3.18. The van der Waals surface area contributed by atoms with E-state index >= 15 is 0 Å². The molecule has 3 rings (SSSR count). The van der Waals surface area contributed by atoms with Crippen molar-refractivity contribution in [2.24, 2.45) is 0 Å². The molecule has 122 valence electrons. The molecule has 0 radical (unpaired) electrons. The second-order valence-electron chi connectivity index (χ2n) is 5.86. The largest absolute Gasteiger partial charge is 0.497 e. The van der Waals surface area contributed by atoms with E-state index in [0.717, 1.165) is 10.7 Å². The van der Waals surface area contributed by atoms with Gasteiger partial charge in [-0.1, -0.05) is 12.8 Å². The number of nitrogens with one attached hydrogen (secondary N) is 1. The fourth-order valence-corrected chi connectivity index (χ4v) is 4.06. The van der Waals surface area contributed by atoms with Gasteiger partial charge in [0, 0.05) is 12.0 Å². The number of hydrogen-bond acceptors (Lipinski definition) is 5. The first kappa shape index (κ1) is 15.8. The lowest BCUT2D eigenvalue weighted by Gasteiger charge is -2.09. The summed E-state index contributed by atoms with van der Waals surface area (Å²) in [6.07, 6.45) is 4.87. The van der Waals surface area contributed by atoms with Crippen LogP contribution in [-0.2, 0) is 0 Å². The Morgan fingerprint density at radius 3 is 2.83 bits per heavy atom. The highest BCUT2D eigenvalue weighted by Gasteiger charge is 2.24. The standard InChI is InChI=1S/C17H21N3O2S/c1-10-15(23-17(19-10)11-5-3-4-6-11)16(21)20-14-9-12(22-2)7-8-13(14)18/h7-9,11H,3-6,18H2,1-2H3,(H,20,21). The summed E-state index contributed by atoms with van der Waals surface area (Å²) < 4.78 is 5.18. The molecule has 0 spiro atoms.